The van der Waals surface area contributed by atoms with Crippen molar-refractivity contribution in [3.63, 3.8) is 0 Å². The number of nitrogens with one attached hydrogen (secondary N) is 3. The highest BCUT2D eigenvalue weighted by atomic mass is 15.2. The zero-order valence-electron chi connectivity index (χ0n) is 16.6. The molecule has 148 valence electrons. The second-order valence-corrected chi connectivity index (χ2v) is 8.29. The van der Waals surface area contributed by atoms with Gasteiger partial charge in [-0.3, -0.25) is 5.41 Å². The van der Waals surface area contributed by atoms with Gasteiger partial charge >= 0.3 is 0 Å². The Balaban J connectivity index is 1.37. The highest BCUT2D eigenvalue weighted by Gasteiger charge is 2.23. The summed E-state index contributed by atoms with van der Waals surface area (Å²) in [5.41, 5.74) is 20.9. The zero-order chi connectivity index (χ0) is 20.4. The molecule has 4 aromatic carbocycles. The van der Waals surface area contributed by atoms with E-state index < -0.39 is 0 Å². The topological polar surface area (TPSA) is 100.0 Å². The van der Waals surface area contributed by atoms with Crippen molar-refractivity contribution in [3.8, 4) is 0 Å². The van der Waals surface area contributed by atoms with Gasteiger partial charge in [0.15, 0.2) is 5.96 Å². The Bertz CT molecular complexity index is 1280. The van der Waals surface area contributed by atoms with Gasteiger partial charge in [-0.05, 0) is 81.6 Å². The third-order valence-corrected chi connectivity index (χ3v) is 6.56. The van der Waals surface area contributed by atoms with Crippen molar-refractivity contribution in [2.24, 2.45) is 0 Å². The van der Waals surface area contributed by atoms with Crippen molar-refractivity contribution in [3.05, 3.63) is 70.8 Å². The summed E-state index contributed by atoms with van der Waals surface area (Å²) in [5, 5.41) is 20.0. The second kappa shape index (κ2) is 6.13. The fourth-order valence-electron chi connectivity index (χ4n) is 5.31. The summed E-state index contributed by atoms with van der Waals surface area (Å²) in [6.07, 6.45) is 3.89. The van der Waals surface area contributed by atoms with Gasteiger partial charge in [0.2, 0.25) is 0 Å². The number of nitrogens with two attached hydrogens (primary N) is 2. The lowest BCUT2D eigenvalue weighted by atomic mass is 10.0. The van der Waals surface area contributed by atoms with Crippen LogP contribution in [-0.2, 0) is 25.7 Å². The van der Waals surface area contributed by atoms with Gasteiger partial charge < -0.3 is 22.1 Å². The van der Waals surface area contributed by atoms with Crippen LogP contribution in [0.5, 0.6) is 0 Å². The number of aryl methyl sites for hydroxylation is 4. The molecule has 2 aliphatic rings. The van der Waals surface area contributed by atoms with Crippen LogP contribution in [0.2, 0.25) is 0 Å². The van der Waals surface area contributed by atoms with Gasteiger partial charge in [-0.1, -0.05) is 36.4 Å². The monoisotopic (exact) mass is 393 g/mol. The molecule has 7 N–H and O–H groups in total. The Morgan fingerprint density at radius 3 is 1.63 bits per heavy atom. The number of hydrogen-bond acceptors (Lipinski definition) is 3. The molecule has 30 heavy (non-hydrogen) atoms. The van der Waals surface area contributed by atoms with Crippen LogP contribution >= 0.6 is 0 Å². The minimum atomic E-state index is 0.188. The zero-order valence-corrected chi connectivity index (χ0v) is 16.6. The molecule has 5 nitrogen and oxygen atoms in total. The van der Waals surface area contributed by atoms with Crippen molar-refractivity contribution < 1.29 is 0 Å². The lowest BCUT2D eigenvalue weighted by Crippen LogP contribution is -2.23. The molecule has 6 rings (SSSR count). The summed E-state index contributed by atoms with van der Waals surface area (Å²) in [6.45, 7) is 0. The molecule has 5 heteroatoms. The van der Waals surface area contributed by atoms with E-state index in [0.29, 0.717) is 11.4 Å². The largest absolute Gasteiger partial charge is 0.397 e. The third-order valence-electron chi connectivity index (χ3n) is 6.56. The van der Waals surface area contributed by atoms with Crippen molar-refractivity contribution in [2.45, 2.75) is 25.7 Å². The van der Waals surface area contributed by atoms with Gasteiger partial charge in [0.1, 0.15) is 0 Å². The van der Waals surface area contributed by atoms with Crippen LogP contribution in [0.3, 0.4) is 0 Å². The fraction of sp³-hybridized carbons (Fsp3) is 0.160. The highest BCUT2D eigenvalue weighted by molar-refractivity contribution is 6.11. The summed E-state index contributed by atoms with van der Waals surface area (Å²) in [4.78, 5) is 0. The quantitative estimate of drug-likeness (QED) is 0.192. The minimum Gasteiger partial charge on any atom is -0.397 e. The van der Waals surface area contributed by atoms with Crippen molar-refractivity contribution in [1.29, 1.82) is 5.41 Å². The maximum atomic E-state index is 8.62. The van der Waals surface area contributed by atoms with E-state index in [4.69, 9.17) is 16.9 Å². The third kappa shape index (κ3) is 2.38. The van der Waals surface area contributed by atoms with E-state index >= 15 is 0 Å². The van der Waals surface area contributed by atoms with Crippen LogP contribution in [0, 0.1) is 5.41 Å². The van der Waals surface area contributed by atoms with Crippen molar-refractivity contribution in [1.82, 2.24) is 0 Å². The van der Waals surface area contributed by atoms with Crippen LogP contribution in [0.4, 0.5) is 22.7 Å². The first-order valence-electron chi connectivity index (χ1n) is 10.4. The molecule has 0 aliphatic heterocycles. The summed E-state index contributed by atoms with van der Waals surface area (Å²) >= 11 is 0. The van der Waals surface area contributed by atoms with Crippen molar-refractivity contribution >= 4 is 50.3 Å². The van der Waals surface area contributed by atoms with Crippen LogP contribution in [0.15, 0.2) is 48.5 Å². The van der Waals surface area contributed by atoms with Crippen LogP contribution < -0.4 is 22.1 Å². The molecule has 0 saturated heterocycles. The molecule has 4 aromatic rings. The highest BCUT2D eigenvalue weighted by Crippen LogP contribution is 2.41. The smallest absolute Gasteiger partial charge is 0.197 e. The summed E-state index contributed by atoms with van der Waals surface area (Å²) in [7, 11) is 0. The van der Waals surface area contributed by atoms with Crippen LogP contribution in [-0.4, -0.2) is 5.96 Å². The Labute approximate surface area is 174 Å². The van der Waals surface area contributed by atoms with Crippen LogP contribution in [0.1, 0.15) is 22.3 Å². The average Bonchev–Trinajstić information content (AvgIpc) is 3.35. The SMILES string of the molecule is N=C(Nc1c(N)cc2cccc3c2c1CC3)Nc1c(N)cc2cccc3c2c1CC3. The predicted molar refractivity (Wildman–Crippen MR) is 127 cm³/mol. The number of anilines is 4. The van der Waals surface area contributed by atoms with Gasteiger partial charge in [-0.2, -0.15) is 0 Å². The molecule has 0 spiro atoms. The second-order valence-electron chi connectivity index (χ2n) is 8.29. The van der Waals surface area contributed by atoms with E-state index in [1.54, 1.807) is 0 Å². The lowest BCUT2D eigenvalue weighted by Gasteiger charge is -2.19. The number of guanidine groups is 1. The fourth-order valence-corrected chi connectivity index (χ4v) is 5.31. The normalized spacial score (nSPS) is 13.9. The predicted octanol–water partition coefficient (Wildman–Crippen LogP) is 4.81. The van der Waals surface area contributed by atoms with E-state index in [0.717, 1.165) is 37.1 Å². The number of nitrogen functional groups attached to an aromatic ring is 2. The first-order valence-corrected chi connectivity index (χ1v) is 10.4. The Morgan fingerprint density at radius 1 is 0.700 bits per heavy atom. The van der Waals surface area contributed by atoms with E-state index in [9.17, 15) is 0 Å². The number of benzene rings is 4. The molecule has 0 unspecified atom stereocenters. The molecule has 0 bridgehead atoms. The first kappa shape index (κ1) is 17.2. The molecule has 0 radical (unpaired) electrons. The van der Waals surface area contributed by atoms with Crippen LogP contribution in [0.25, 0.3) is 21.5 Å². The van der Waals surface area contributed by atoms with Gasteiger partial charge in [-0.15, -0.1) is 0 Å². The summed E-state index contributed by atoms with van der Waals surface area (Å²) in [5.74, 6) is 0.188. The van der Waals surface area contributed by atoms with Gasteiger partial charge in [0.05, 0.1) is 22.7 Å². The lowest BCUT2D eigenvalue weighted by molar-refractivity contribution is 1.02. The molecular formula is C25H23N5. The molecule has 0 heterocycles. The summed E-state index contributed by atoms with van der Waals surface area (Å²) < 4.78 is 0. The molecule has 0 saturated carbocycles. The maximum Gasteiger partial charge on any atom is 0.197 e. The number of rotatable bonds is 2. The Morgan fingerprint density at radius 2 is 1.17 bits per heavy atom. The Hall–Kier alpha value is -3.73. The first-order chi connectivity index (χ1) is 14.6. The molecule has 0 aromatic heterocycles. The molecule has 0 amide bonds. The van der Waals surface area contributed by atoms with E-state index in [1.807, 2.05) is 12.1 Å². The molecule has 0 atom stereocenters. The standard InChI is InChI=1S/C25H23N5/c26-19-11-15-5-1-3-13-7-9-17(21(13)15)23(19)29-25(28)30-24-18-10-8-14-4-2-6-16(22(14)18)12-20(24)27/h1-6,11-12H,7-10,26-27H2,(H3,28,29,30). The molecule has 0 fully saturated rings. The van der Waals surface area contributed by atoms with Crippen molar-refractivity contribution in [2.75, 3.05) is 22.1 Å². The maximum absolute atomic E-state index is 8.62. The number of hydrogen-bond donors (Lipinski definition) is 5. The van der Waals surface area contributed by atoms with Gasteiger partial charge in [0.25, 0.3) is 0 Å². The molecule has 2 aliphatic carbocycles. The molecular weight excluding hydrogens is 370 g/mol. The minimum absolute atomic E-state index is 0.188. The van der Waals surface area contributed by atoms with E-state index in [2.05, 4.69) is 47.0 Å². The van der Waals surface area contributed by atoms with Gasteiger partial charge in [0, 0.05) is 0 Å². The van der Waals surface area contributed by atoms with E-state index in [-0.39, 0.29) is 5.96 Å². The average molecular weight is 393 g/mol. The summed E-state index contributed by atoms with van der Waals surface area (Å²) in [6, 6.07) is 16.7. The van der Waals surface area contributed by atoms with E-state index in [1.165, 1.54) is 43.8 Å². The van der Waals surface area contributed by atoms with Gasteiger partial charge in [-0.25, -0.2) is 0 Å². The Kier molecular flexibility index (Phi) is 3.51.